The van der Waals surface area contributed by atoms with Gasteiger partial charge in [0, 0.05) is 25.7 Å². The molecule has 0 aromatic carbocycles. The molecule has 94 valence electrons. The van der Waals surface area contributed by atoms with Crippen LogP contribution in [0.5, 0.6) is 0 Å². The summed E-state index contributed by atoms with van der Waals surface area (Å²) in [5.74, 6) is 0.270. The first-order chi connectivity index (χ1) is 7.72. The highest BCUT2D eigenvalue weighted by Gasteiger charge is 2.31. The average Bonchev–Trinajstić information content (AvgIpc) is 3.04. The van der Waals surface area contributed by atoms with Crippen LogP contribution in [0.1, 0.15) is 33.1 Å². The molecule has 16 heavy (non-hydrogen) atoms. The van der Waals surface area contributed by atoms with E-state index in [2.05, 4.69) is 18.7 Å². The molecule has 0 aromatic rings. The highest BCUT2D eigenvalue weighted by atomic mass is 16.2. The van der Waals surface area contributed by atoms with Crippen LogP contribution in [0, 0.1) is 0 Å². The topological polar surface area (TPSA) is 49.6 Å². The number of amides is 1. The Hall–Kier alpha value is -0.610. The number of likely N-dealkylation sites (N-methyl/N-ethyl adjacent to an activating group) is 1. The summed E-state index contributed by atoms with van der Waals surface area (Å²) in [4.78, 5) is 16.2. The molecule has 0 aliphatic heterocycles. The molecule has 0 atom stereocenters. The summed E-state index contributed by atoms with van der Waals surface area (Å²) in [6.45, 7) is 7.98. The molecule has 0 aromatic heterocycles. The minimum atomic E-state index is 0.270. The van der Waals surface area contributed by atoms with Gasteiger partial charge in [-0.25, -0.2) is 0 Å². The Labute approximate surface area is 98.8 Å². The molecule has 1 aliphatic rings. The number of carbonyl (C=O) groups is 1. The van der Waals surface area contributed by atoms with Gasteiger partial charge in [-0.05, 0) is 32.7 Å². The second-order valence-electron chi connectivity index (χ2n) is 4.48. The van der Waals surface area contributed by atoms with E-state index in [0.29, 0.717) is 19.1 Å². The maximum atomic E-state index is 12.1. The standard InChI is InChI=1S/C12H25N3O/c1-3-8-14(9-7-13)10-12(16)15(4-2)11-5-6-11/h11H,3-10,13H2,1-2H3. The van der Waals surface area contributed by atoms with Crippen molar-refractivity contribution in [2.45, 2.75) is 39.2 Å². The molecule has 0 radical (unpaired) electrons. The molecule has 0 saturated heterocycles. The van der Waals surface area contributed by atoms with E-state index in [1.165, 1.54) is 12.8 Å². The van der Waals surface area contributed by atoms with Crippen LogP contribution in [-0.4, -0.2) is 54.5 Å². The molecule has 0 spiro atoms. The lowest BCUT2D eigenvalue weighted by molar-refractivity contribution is -0.132. The van der Waals surface area contributed by atoms with Crippen LogP contribution < -0.4 is 5.73 Å². The minimum absolute atomic E-state index is 0.270. The van der Waals surface area contributed by atoms with Gasteiger partial charge in [0.1, 0.15) is 0 Å². The van der Waals surface area contributed by atoms with Crippen molar-refractivity contribution in [3.8, 4) is 0 Å². The summed E-state index contributed by atoms with van der Waals surface area (Å²) in [6, 6.07) is 0.527. The van der Waals surface area contributed by atoms with E-state index in [1.807, 2.05) is 4.90 Å². The summed E-state index contributed by atoms with van der Waals surface area (Å²) in [5.41, 5.74) is 5.55. The fraction of sp³-hybridized carbons (Fsp3) is 0.917. The number of nitrogens with zero attached hydrogens (tertiary/aromatic N) is 2. The number of hydrogen-bond acceptors (Lipinski definition) is 3. The maximum Gasteiger partial charge on any atom is 0.236 e. The van der Waals surface area contributed by atoms with Gasteiger partial charge in [-0.2, -0.15) is 0 Å². The van der Waals surface area contributed by atoms with Gasteiger partial charge < -0.3 is 10.6 Å². The van der Waals surface area contributed by atoms with Gasteiger partial charge in [-0.3, -0.25) is 9.69 Å². The third kappa shape index (κ3) is 4.10. The van der Waals surface area contributed by atoms with Gasteiger partial charge in [0.2, 0.25) is 5.91 Å². The molecule has 1 amide bonds. The van der Waals surface area contributed by atoms with E-state index in [4.69, 9.17) is 5.73 Å². The molecule has 0 unspecified atom stereocenters. The highest BCUT2D eigenvalue weighted by Crippen LogP contribution is 2.26. The smallest absolute Gasteiger partial charge is 0.236 e. The van der Waals surface area contributed by atoms with Gasteiger partial charge in [-0.1, -0.05) is 6.92 Å². The fourth-order valence-corrected chi connectivity index (χ4v) is 2.08. The molecule has 1 fully saturated rings. The fourth-order valence-electron chi connectivity index (χ4n) is 2.08. The van der Waals surface area contributed by atoms with Gasteiger partial charge >= 0.3 is 0 Å². The monoisotopic (exact) mass is 227 g/mol. The second-order valence-corrected chi connectivity index (χ2v) is 4.48. The second kappa shape index (κ2) is 6.86. The van der Waals surface area contributed by atoms with Crippen LogP contribution in [0.15, 0.2) is 0 Å². The maximum absolute atomic E-state index is 12.1. The molecular formula is C12H25N3O. The van der Waals surface area contributed by atoms with Crippen molar-refractivity contribution in [3.63, 3.8) is 0 Å². The van der Waals surface area contributed by atoms with Crippen molar-refractivity contribution in [3.05, 3.63) is 0 Å². The molecule has 1 rings (SSSR count). The average molecular weight is 227 g/mol. The van der Waals surface area contributed by atoms with Crippen molar-refractivity contribution in [1.82, 2.24) is 9.80 Å². The largest absolute Gasteiger partial charge is 0.339 e. The van der Waals surface area contributed by atoms with E-state index in [1.54, 1.807) is 0 Å². The molecule has 0 bridgehead atoms. The first-order valence-corrected chi connectivity index (χ1v) is 6.44. The summed E-state index contributed by atoms with van der Waals surface area (Å²) in [7, 11) is 0. The van der Waals surface area contributed by atoms with Gasteiger partial charge in [0.25, 0.3) is 0 Å². The zero-order valence-corrected chi connectivity index (χ0v) is 10.6. The summed E-state index contributed by atoms with van der Waals surface area (Å²) < 4.78 is 0. The Morgan fingerprint density at radius 3 is 2.44 bits per heavy atom. The number of carbonyl (C=O) groups excluding carboxylic acids is 1. The van der Waals surface area contributed by atoms with Gasteiger partial charge in [0.15, 0.2) is 0 Å². The third-order valence-electron chi connectivity index (χ3n) is 2.99. The molecule has 2 N–H and O–H groups in total. The molecule has 1 aliphatic carbocycles. The van der Waals surface area contributed by atoms with E-state index in [0.717, 1.165) is 26.1 Å². The molecule has 1 saturated carbocycles. The normalized spacial score (nSPS) is 15.5. The Morgan fingerprint density at radius 1 is 1.31 bits per heavy atom. The molecule has 4 nitrogen and oxygen atoms in total. The minimum Gasteiger partial charge on any atom is -0.339 e. The van der Waals surface area contributed by atoms with Gasteiger partial charge in [-0.15, -0.1) is 0 Å². The van der Waals surface area contributed by atoms with Crippen molar-refractivity contribution in [1.29, 1.82) is 0 Å². The number of hydrogen-bond donors (Lipinski definition) is 1. The first kappa shape index (κ1) is 13.5. The Balaban J connectivity index is 2.38. The Bertz CT molecular complexity index is 210. The third-order valence-corrected chi connectivity index (χ3v) is 2.99. The summed E-state index contributed by atoms with van der Waals surface area (Å²) in [6.07, 6.45) is 3.44. The van der Waals surface area contributed by atoms with E-state index < -0.39 is 0 Å². The van der Waals surface area contributed by atoms with Crippen molar-refractivity contribution in [2.24, 2.45) is 5.73 Å². The SMILES string of the molecule is CCCN(CCN)CC(=O)N(CC)C1CC1. The number of nitrogens with two attached hydrogens (primary N) is 1. The lowest BCUT2D eigenvalue weighted by atomic mass is 10.3. The molecule has 0 heterocycles. The Kier molecular flexibility index (Phi) is 5.77. The predicted octanol–water partition coefficient (Wildman–Crippen LogP) is 0.668. The van der Waals surface area contributed by atoms with Crippen LogP contribution in [0.2, 0.25) is 0 Å². The van der Waals surface area contributed by atoms with Crippen LogP contribution in [0.3, 0.4) is 0 Å². The first-order valence-electron chi connectivity index (χ1n) is 6.44. The molecule has 4 heteroatoms. The van der Waals surface area contributed by atoms with Gasteiger partial charge in [0.05, 0.1) is 6.54 Å². The Morgan fingerprint density at radius 2 is 2.00 bits per heavy atom. The lowest BCUT2D eigenvalue weighted by Gasteiger charge is -2.26. The van der Waals surface area contributed by atoms with Crippen molar-refractivity contribution in [2.75, 3.05) is 32.7 Å². The summed E-state index contributed by atoms with van der Waals surface area (Å²) in [5, 5.41) is 0. The van der Waals surface area contributed by atoms with E-state index in [9.17, 15) is 4.79 Å². The number of rotatable bonds is 8. The van der Waals surface area contributed by atoms with E-state index >= 15 is 0 Å². The van der Waals surface area contributed by atoms with Crippen molar-refractivity contribution >= 4 is 5.91 Å². The lowest BCUT2D eigenvalue weighted by Crippen LogP contribution is -2.43. The molecular weight excluding hydrogens is 202 g/mol. The summed E-state index contributed by atoms with van der Waals surface area (Å²) >= 11 is 0. The van der Waals surface area contributed by atoms with Crippen LogP contribution in [0.4, 0.5) is 0 Å². The van der Waals surface area contributed by atoms with Crippen molar-refractivity contribution < 1.29 is 4.79 Å². The zero-order chi connectivity index (χ0) is 12.0. The van der Waals surface area contributed by atoms with Crippen LogP contribution in [-0.2, 0) is 4.79 Å². The predicted molar refractivity (Wildman–Crippen MR) is 66.2 cm³/mol. The van der Waals surface area contributed by atoms with Crippen LogP contribution in [0.25, 0.3) is 0 Å². The highest BCUT2D eigenvalue weighted by molar-refractivity contribution is 5.78. The quantitative estimate of drug-likeness (QED) is 0.663. The van der Waals surface area contributed by atoms with E-state index in [-0.39, 0.29) is 5.91 Å². The van der Waals surface area contributed by atoms with Crippen LogP contribution >= 0.6 is 0 Å². The zero-order valence-electron chi connectivity index (χ0n) is 10.6.